The standard InChI is InChI=1S/C7H12FN/c1-6(8)7-2-4-9-5-3-7/h9H,2-5H2,1H3. The lowest BCUT2D eigenvalue weighted by Gasteiger charge is -2.14. The lowest BCUT2D eigenvalue weighted by Crippen LogP contribution is -2.23. The Kier molecular flexibility index (Phi) is 2.22. The van der Waals surface area contributed by atoms with Crippen molar-refractivity contribution in [3.63, 3.8) is 0 Å². The zero-order valence-corrected chi connectivity index (χ0v) is 5.71. The maximum atomic E-state index is 12.4. The third kappa shape index (κ3) is 1.79. The number of halogens is 1. The van der Waals surface area contributed by atoms with E-state index in [0.717, 1.165) is 31.5 Å². The van der Waals surface area contributed by atoms with Crippen molar-refractivity contribution in [2.75, 3.05) is 13.1 Å². The molecule has 52 valence electrons. The molecule has 1 nitrogen and oxygen atoms in total. The van der Waals surface area contributed by atoms with Crippen molar-refractivity contribution in [3.8, 4) is 0 Å². The quantitative estimate of drug-likeness (QED) is 0.524. The largest absolute Gasteiger partial charge is 0.316 e. The Bertz CT molecular complexity index is 117. The van der Waals surface area contributed by atoms with Gasteiger partial charge in [-0.1, -0.05) is 0 Å². The van der Waals surface area contributed by atoms with Gasteiger partial charge in [-0.05, 0) is 38.4 Å². The number of piperidine rings is 1. The molecule has 1 rings (SSSR count). The average molecular weight is 129 g/mol. The second kappa shape index (κ2) is 2.97. The van der Waals surface area contributed by atoms with Crippen LogP contribution in [0.25, 0.3) is 0 Å². The smallest absolute Gasteiger partial charge is 0.0961 e. The second-order valence-corrected chi connectivity index (χ2v) is 2.39. The monoisotopic (exact) mass is 129 g/mol. The Hall–Kier alpha value is -0.370. The molecule has 1 fully saturated rings. The lowest BCUT2D eigenvalue weighted by atomic mass is 10.1. The summed E-state index contributed by atoms with van der Waals surface area (Å²) in [4.78, 5) is 0. The number of hydrogen-bond donors (Lipinski definition) is 1. The van der Waals surface area contributed by atoms with Gasteiger partial charge in [0.2, 0.25) is 0 Å². The molecule has 0 aromatic rings. The SMILES string of the molecule is CC(F)=C1CCNCC1. The van der Waals surface area contributed by atoms with E-state index in [2.05, 4.69) is 5.32 Å². The number of hydrogen-bond acceptors (Lipinski definition) is 1. The van der Waals surface area contributed by atoms with E-state index in [1.54, 1.807) is 6.92 Å². The highest BCUT2D eigenvalue weighted by atomic mass is 19.1. The lowest BCUT2D eigenvalue weighted by molar-refractivity contribution is 0.554. The topological polar surface area (TPSA) is 12.0 Å². The Morgan fingerprint density at radius 3 is 2.33 bits per heavy atom. The first-order valence-corrected chi connectivity index (χ1v) is 3.35. The van der Waals surface area contributed by atoms with E-state index in [1.165, 1.54) is 0 Å². The molecular formula is C7H12FN. The maximum absolute atomic E-state index is 12.4. The summed E-state index contributed by atoms with van der Waals surface area (Å²) in [5.41, 5.74) is 0.994. The molecule has 0 aromatic heterocycles. The van der Waals surface area contributed by atoms with Gasteiger partial charge in [-0.25, -0.2) is 4.39 Å². The molecule has 0 atom stereocenters. The van der Waals surface area contributed by atoms with Gasteiger partial charge in [0.1, 0.15) is 0 Å². The minimum Gasteiger partial charge on any atom is -0.316 e. The first kappa shape index (κ1) is 6.75. The fourth-order valence-corrected chi connectivity index (χ4v) is 1.07. The average Bonchev–Trinajstić information content (AvgIpc) is 1.90. The van der Waals surface area contributed by atoms with Crippen LogP contribution < -0.4 is 5.32 Å². The van der Waals surface area contributed by atoms with E-state index in [1.807, 2.05) is 0 Å². The summed E-state index contributed by atoms with van der Waals surface area (Å²) < 4.78 is 12.4. The van der Waals surface area contributed by atoms with Crippen LogP contribution in [0, 0.1) is 0 Å². The molecular weight excluding hydrogens is 117 g/mol. The summed E-state index contributed by atoms with van der Waals surface area (Å²) >= 11 is 0. The molecule has 0 bridgehead atoms. The molecule has 9 heavy (non-hydrogen) atoms. The Morgan fingerprint density at radius 2 is 2.00 bits per heavy atom. The summed E-state index contributed by atoms with van der Waals surface area (Å²) in [7, 11) is 0. The van der Waals surface area contributed by atoms with Gasteiger partial charge in [0.05, 0.1) is 5.83 Å². The van der Waals surface area contributed by atoms with Crippen LogP contribution in [-0.4, -0.2) is 13.1 Å². The number of nitrogens with one attached hydrogen (secondary N) is 1. The molecule has 0 aromatic carbocycles. The fraction of sp³-hybridized carbons (Fsp3) is 0.714. The van der Waals surface area contributed by atoms with Gasteiger partial charge < -0.3 is 5.32 Å². The highest BCUT2D eigenvalue weighted by Gasteiger charge is 2.06. The summed E-state index contributed by atoms with van der Waals surface area (Å²) in [5, 5.41) is 3.17. The third-order valence-electron chi connectivity index (χ3n) is 1.69. The zero-order valence-electron chi connectivity index (χ0n) is 5.71. The van der Waals surface area contributed by atoms with Gasteiger partial charge in [0.15, 0.2) is 0 Å². The van der Waals surface area contributed by atoms with E-state index in [0.29, 0.717) is 0 Å². The van der Waals surface area contributed by atoms with Crippen molar-refractivity contribution in [1.29, 1.82) is 0 Å². The summed E-state index contributed by atoms with van der Waals surface area (Å²) in [6.45, 7) is 3.42. The van der Waals surface area contributed by atoms with Gasteiger partial charge in [0.25, 0.3) is 0 Å². The summed E-state index contributed by atoms with van der Waals surface area (Å²) in [6.07, 6.45) is 1.78. The Morgan fingerprint density at radius 1 is 1.44 bits per heavy atom. The van der Waals surface area contributed by atoms with E-state index in [4.69, 9.17) is 0 Å². The van der Waals surface area contributed by atoms with Crippen LogP contribution >= 0.6 is 0 Å². The molecule has 1 N–H and O–H groups in total. The van der Waals surface area contributed by atoms with Crippen molar-refractivity contribution < 1.29 is 4.39 Å². The predicted octanol–water partition coefficient (Wildman–Crippen LogP) is 1.61. The summed E-state index contributed by atoms with van der Waals surface area (Å²) in [5.74, 6) is 0.0245. The second-order valence-electron chi connectivity index (χ2n) is 2.39. The van der Waals surface area contributed by atoms with E-state index in [-0.39, 0.29) is 5.83 Å². The van der Waals surface area contributed by atoms with E-state index >= 15 is 0 Å². The van der Waals surface area contributed by atoms with E-state index in [9.17, 15) is 4.39 Å². The molecule has 2 heteroatoms. The van der Waals surface area contributed by atoms with E-state index < -0.39 is 0 Å². The van der Waals surface area contributed by atoms with Gasteiger partial charge in [-0.15, -0.1) is 0 Å². The van der Waals surface area contributed by atoms with Crippen molar-refractivity contribution in [2.24, 2.45) is 0 Å². The maximum Gasteiger partial charge on any atom is 0.0961 e. The zero-order chi connectivity index (χ0) is 6.69. The Labute approximate surface area is 54.9 Å². The predicted molar refractivity (Wildman–Crippen MR) is 35.9 cm³/mol. The molecule has 0 amide bonds. The number of allylic oxidation sites excluding steroid dienone is 1. The van der Waals surface area contributed by atoms with Crippen LogP contribution in [0.1, 0.15) is 19.8 Å². The molecule has 1 saturated heterocycles. The van der Waals surface area contributed by atoms with Crippen LogP contribution in [0.3, 0.4) is 0 Å². The third-order valence-corrected chi connectivity index (χ3v) is 1.69. The van der Waals surface area contributed by atoms with Gasteiger partial charge in [-0.2, -0.15) is 0 Å². The van der Waals surface area contributed by atoms with Crippen molar-refractivity contribution in [3.05, 3.63) is 11.4 Å². The molecule has 0 saturated carbocycles. The highest BCUT2D eigenvalue weighted by molar-refractivity contribution is 5.08. The first-order chi connectivity index (χ1) is 4.30. The number of rotatable bonds is 0. The van der Waals surface area contributed by atoms with Crippen LogP contribution in [0.2, 0.25) is 0 Å². The van der Waals surface area contributed by atoms with Crippen LogP contribution in [-0.2, 0) is 0 Å². The van der Waals surface area contributed by atoms with Crippen molar-refractivity contribution in [2.45, 2.75) is 19.8 Å². The van der Waals surface area contributed by atoms with Crippen LogP contribution in [0.4, 0.5) is 4.39 Å². The summed E-state index contributed by atoms with van der Waals surface area (Å²) in [6, 6.07) is 0. The van der Waals surface area contributed by atoms with Crippen LogP contribution in [0.5, 0.6) is 0 Å². The highest BCUT2D eigenvalue weighted by Crippen LogP contribution is 2.15. The van der Waals surface area contributed by atoms with Gasteiger partial charge in [-0.3, -0.25) is 0 Å². The molecule has 0 unspecified atom stereocenters. The molecule has 1 aliphatic rings. The molecule has 0 spiro atoms. The van der Waals surface area contributed by atoms with Crippen LogP contribution in [0.15, 0.2) is 11.4 Å². The molecule has 0 radical (unpaired) electrons. The minimum atomic E-state index is 0.0245. The van der Waals surface area contributed by atoms with Crippen molar-refractivity contribution in [1.82, 2.24) is 5.32 Å². The minimum absolute atomic E-state index is 0.0245. The molecule has 1 aliphatic heterocycles. The molecule has 1 heterocycles. The molecule has 0 aliphatic carbocycles. The normalized spacial score (nSPS) is 20.0. The van der Waals surface area contributed by atoms with Crippen molar-refractivity contribution >= 4 is 0 Å². The fourth-order valence-electron chi connectivity index (χ4n) is 1.07. The Balaban J connectivity index is 2.49. The van der Waals surface area contributed by atoms with Gasteiger partial charge >= 0.3 is 0 Å². The van der Waals surface area contributed by atoms with Gasteiger partial charge in [0, 0.05) is 0 Å². The first-order valence-electron chi connectivity index (χ1n) is 3.35.